The zero-order valence-electron chi connectivity index (χ0n) is 10.2. The van der Waals surface area contributed by atoms with E-state index in [2.05, 4.69) is 27.4 Å². The average Bonchev–Trinajstić information content (AvgIpc) is 2.85. The average molecular weight is 271 g/mol. The van der Waals surface area contributed by atoms with Gasteiger partial charge >= 0.3 is 4.87 Å². The molecular weight excluding hydrogens is 258 g/mol. The summed E-state index contributed by atoms with van der Waals surface area (Å²) < 4.78 is 0. The predicted octanol–water partition coefficient (Wildman–Crippen LogP) is 2.27. The minimum atomic E-state index is -0.0105. The number of aromatic amines is 1. The Morgan fingerprint density at radius 3 is 2.95 bits per heavy atom. The zero-order valence-corrected chi connectivity index (χ0v) is 11.0. The Morgan fingerprint density at radius 2 is 2.11 bits per heavy atom. The molecule has 2 aromatic heterocycles. The van der Waals surface area contributed by atoms with Crippen molar-refractivity contribution < 1.29 is 0 Å². The Kier molecular flexibility index (Phi) is 3.39. The van der Waals surface area contributed by atoms with Crippen molar-refractivity contribution in [2.24, 2.45) is 0 Å². The highest BCUT2D eigenvalue weighted by atomic mass is 32.1. The van der Waals surface area contributed by atoms with Crippen molar-refractivity contribution in [3.63, 3.8) is 0 Å². The van der Waals surface area contributed by atoms with Gasteiger partial charge in [-0.1, -0.05) is 35.6 Å². The van der Waals surface area contributed by atoms with Gasteiger partial charge in [0.2, 0.25) is 0 Å². The summed E-state index contributed by atoms with van der Waals surface area (Å²) >= 11 is 1.19. The molecule has 0 aliphatic rings. The molecule has 0 fully saturated rings. The van der Waals surface area contributed by atoms with Gasteiger partial charge in [-0.25, -0.2) is 0 Å². The molecule has 0 radical (unpaired) electrons. The summed E-state index contributed by atoms with van der Waals surface area (Å²) in [5.74, 6) is 0. The van der Waals surface area contributed by atoms with Gasteiger partial charge in [0.15, 0.2) is 0 Å². The highest BCUT2D eigenvalue weighted by Gasteiger charge is 2.01. The fraction of sp³-hybridized carbons (Fsp3) is 0.143. The van der Waals surface area contributed by atoms with Crippen molar-refractivity contribution in [1.29, 1.82) is 0 Å². The third kappa shape index (κ3) is 2.72. The summed E-state index contributed by atoms with van der Waals surface area (Å²) in [5.41, 5.74) is 2.08. The van der Waals surface area contributed by atoms with E-state index in [-0.39, 0.29) is 4.87 Å². The van der Waals surface area contributed by atoms with E-state index >= 15 is 0 Å². The molecule has 0 aliphatic heterocycles. The lowest BCUT2D eigenvalue weighted by Crippen LogP contribution is -2.14. The third-order valence-corrected chi connectivity index (χ3v) is 3.67. The maximum absolute atomic E-state index is 11.0. The van der Waals surface area contributed by atoms with Crippen LogP contribution in [0, 0.1) is 0 Å². The summed E-state index contributed by atoms with van der Waals surface area (Å²) in [6, 6.07) is 8.20. The standard InChI is InChI=1S/C14H13N3OS/c18-14-17-12(9-19-14)8-16-7-11-6-15-5-10-3-1-2-4-13(10)11/h1-6,9,16H,7-8H2,(H,17,18). The van der Waals surface area contributed by atoms with Gasteiger partial charge in [-0.3, -0.25) is 9.78 Å². The van der Waals surface area contributed by atoms with Crippen LogP contribution in [-0.4, -0.2) is 9.97 Å². The number of hydrogen-bond donors (Lipinski definition) is 2. The van der Waals surface area contributed by atoms with E-state index in [1.165, 1.54) is 16.7 Å². The van der Waals surface area contributed by atoms with E-state index in [0.717, 1.165) is 23.2 Å². The van der Waals surface area contributed by atoms with E-state index < -0.39 is 0 Å². The Morgan fingerprint density at radius 1 is 1.21 bits per heavy atom. The van der Waals surface area contributed by atoms with Gasteiger partial charge in [0, 0.05) is 41.9 Å². The number of thiazole rings is 1. The topological polar surface area (TPSA) is 57.8 Å². The monoisotopic (exact) mass is 271 g/mol. The number of rotatable bonds is 4. The molecule has 3 rings (SSSR count). The molecule has 96 valence electrons. The SMILES string of the molecule is O=c1[nH]c(CNCc2cncc3ccccc23)cs1. The largest absolute Gasteiger partial charge is 0.315 e. The van der Waals surface area contributed by atoms with Crippen LogP contribution in [0.3, 0.4) is 0 Å². The van der Waals surface area contributed by atoms with Gasteiger partial charge in [0.05, 0.1) is 0 Å². The van der Waals surface area contributed by atoms with Crippen LogP contribution in [0.4, 0.5) is 0 Å². The lowest BCUT2D eigenvalue weighted by molar-refractivity contribution is 0.683. The highest BCUT2D eigenvalue weighted by molar-refractivity contribution is 7.07. The number of aromatic nitrogens is 2. The first-order valence-electron chi connectivity index (χ1n) is 6.02. The van der Waals surface area contributed by atoms with Crippen molar-refractivity contribution >= 4 is 22.1 Å². The Hall–Kier alpha value is -1.98. The first kappa shape index (κ1) is 12.1. The first-order valence-corrected chi connectivity index (χ1v) is 6.90. The molecule has 4 nitrogen and oxygen atoms in total. The molecule has 0 unspecified atom stereocenters. The predicted molar refractivity (Wildman–Crippen MR) is 77.2 cm³/mol. The van der Waals surface area contributed by atoms with Crippen LogP contribution in [0.1, 0.15) is 11.3 Å². The van der Waals surface area contributed by atoms with Crippen molar-refractivity contribution in [3.05, 3.63) is 63.0 Å². The van der Waals surface area contributed by atoms with Crippen LogP contribution in [0.2, 0.25) is 0 Å². The molecule has 0 aliphatic carbocycles. The number of nitrogens with one attached hydrogen (secondary N) is 2. The molecule has 0 bridgehead atoms. The van der Waals surface area contributed by atoms with E-state index in [0.29, 0.717) is 6.54 Å². The molecule has 19 heavy (non-hydrogen) atoms. The lowest BCUT2D eigenvalue weighted by atomic mass is 10.1. The second-order valence-electron chi connectivity index (χ2n) is 4.30. The number of pyridine rings is 1. The minimum absolute atomic E-state index is 0.0105. The second-order valence-corrected chi connectivity index (χ2v) is 5.14. The van der Waals surface area contributed by atoms with Crippen molar-refractivity contribution in [3.8, 4) is 0 Å². The lowest BCUT2D eigenvalue weighted by Gasteiger charge is -2.06. The van der Waals surface area contributed by atoms with Crippen LogP contribution in [-0.2, 0) is 13.1 Å². The Labute approximate surface area is 114 Å². The Balaban J connectivity index is 1.73. The smallest absolute Gasteiger partial charge is 0.304 e. The number of H-pyrrole nitrogens is 1. The van der Waals surface area contributed by atoms with E-state index in [1.807, 2.05) is 29.9 Å². The number of hydrogen-bond acceptors (Lipinski definition) is 4. The maximum Gasteiger partial charge on any atom is 0.304 e. The quantitative estimate of drug-likeness (QED) is 0.765. The molecule has 0 amide bonds. The fourth-order valence-corrected chi connectivity index (χ4v) is 2.63. The van der Waals surface area contributed by atoms with Gasteiger partial charge in [-0.05, 0) is 10.9 Å². The van der Waals surface area contributed by atoms with Crippen LogP contribution in [0.5, 0.6) is 0 Å². The molecule has 0 saturated heterocycles. The zero-order chi connectivity index (χ0) is 13.1. The normalized spacial score (nSPS) is 10.9. The summed E-state index contributed by atoms with van der Waals surface area (Å²) in [6.07, 6.45) is 3.75. The van der Waals surface area contributed by atoms with Crippen LogP contribution in [0.25, 0.3) is 10.8 Å². The number of nitrogens with zero attached hydrogens (tertiary/aromatic N) is 1. The van der Waals surface area contributed by atoms with Gasteiger partial charge in [0.1, 0.15) is 0 Å². The van der Waals surface area contributed by atoms with Crippen LogP contribution >= 0.6 is 11.3 Å². The molecular formula is C14H13N3OS. The van der Waals surface area contributed by atoms with Crippen molar-refractivity contribution in [1.82, 2.24) is 15.3 Å². The highest BCUT2D eigenvalue weighted by Crippen LogP contribution is 2.16. The molecule has 0 atom stereocenters. The molecule has 2 heterocycles. The summed E-state index contributed by atoms with van der Waals surface area (Å²) in [4.78, 5) is 18.0. The minimum Gasteiger partial charge on any atom is -0.315 e. The first-order chi connectivity index (χ1) is 9.33. The Bertz CT molecular complexity index is 742. The number of benzene rings is 1. The van der Waals surface area contributed by atoms with Gasteiger partial charge in [-0.2, -0.15) is 0 Å². The molecule has 2 N–H and O–H groups in total. The molecule has 3 aromatic rings. The summed E-state index contributed by atoms with van der Waals surface area (Å²) in [7, 11) is 0. The van der Waals surface area contributed by atoms with Crippen LogP contribution in [0.15, 0.2) is 46.8 Å². The molecule has 1 aromatic carbocycles. The third-order valence-electron chi connectivity index (χ3n) is 2.95. The van der Waals surface area contributed by atoms with Crippen molar-refractivity contribution in [2.45, 2.75) is 13.1 Å². The maximum atomic E-state index is 11.0. The van der Waals surface area contributed by atoms with Crippen molar-refractivity contribution in [2.75, 3.05) is 0 Å². The van der Waals surface area contributed by atoms with Gasteiger partial charge in [-0.15, -0.1) is 0 Å². The molecule has 5 heteroatoms. The number of fused-ring (bicyclic) bond motifs is 1. The van der Waals surface area contributed by atoms with Gasteiger partial charge < -0.3 is 10.3 Å². The van der Waals surface area contributed by atoms with E-state index in [4.69, 9.17) is 0 Å². The second kappa shape index (κ2) is 5.34. The molecule has 0 saturated carbocycles. The summed E-state index contributed by atoms with van der Waals surface area (Å²) in [6.45, 7) is 1.38. The molecule has 0 spiro atoms. The van der Waals surface area contributed by atoms with E-state index in [1.54, 1.807) is 0 Å². The van der Waals surface area contributed by atoms with Crippen LogP contribution < -0.4 is 10.2 Å². The summed E-state index contributed by atoms with van der Waals surface area (Å²) in [5, 5.41) is 7.52. The fourth-order valence-electron chi connectivity index (χ4n) is 2.05. The van der Waals surface area contributed by atoms with E-state index in [9.17, 15) is 4.79 Å². The van der Waals surface area contributed by atoms with Gasteiger partial charge in [0.25, 0.3) is 0 Å².